The van der Waals surface area contributed by atoms with Gasteiger partial charge in [-0.1, -0.05) is 50.2 Å². The number of aryl methyl sites for hydroxylation is 1. The molecule has 146 valence electrons. The highest BCUT2D eigenvalue weighted by atomic mass is 16.5. The number of carbonyl (C=O) groups is 1. The SMILES string of the molecule is Cc1noc(C(C)C)c1C(=O)NCc1ccc(CN2CCC(C)CC2)cc1. The molecule has 0 atom stereocenters. The van der Waals surface area contributed by atoms with Crippen LogP contribution in [0.2, 0.25) is 0 Å². The molecule has 2 aromatic rings. The number of nitrogens with zero attached hydrogens (tertiary/aromatic N) is 2. The van der Waals surface area contributed by atoms with Gasteiger partial charge >= 0.3 is 0 Å². The van der Waals surface area contributed by atoms with E-state index in [4.69, 9.17) is 4.52 Å². The molecule has 1 saturated heterocycles. The van der Waals surface area contributed by atoms with E-state index in [1.807, 2.05) is 13.8 Å². The van der Waals surface area contributed by atoms with Crippen molar-refractivity contribution >= 4 is 5.91 Å². The van der Waals surface area contributed by atoms with E-state index in [0.717, 1.165) is 18.0 Å². The lowest BCUT2D eigenvalue weighted by atomic mass is 9.99. The molecule has 27 heavy (non-hydrogen) atoms. The number of benzene rings is 1. The number of aromatic nitrogens is 1. The first-order valence-corrected chi connectivity index (χ1v) is 9.98. The van der Waals surface area contributed by atoms with E-state index in [-0.39, 0.29) is 11.8 Å². The number of nitrogens with one attached hydrogen (secondary N) is 1. The van der Waals surface area contributed by atoms with E-state index in [9.17, 15) is 4.79 Å². The summed E-state index contributed by atoms with van der Waals surface area (Å²) in [5, 5.41) is 6.94. The summed E-state index contributed by atoms with van der Waals surface area (Å²) >= 11 is 0. The third-order valence-corrected chi connectivity index (χ3v) is 5.40. The molecular weight excluding hydrogens is 338 g/mol. The van der Waals surface area contributed by atoms with Gasteiger partial charge in [-0.25, -0.2) is 0 Å². The highest BCUT2D eigenvalue weighted by Crippen LogP contribution is 2.22. The van der Waals surface area contributed by atoms with E-state index >= 15 is 0 Å². The maximum Gasteiger partial charge on any atom is 0.257 e. The fourth-order valence-corrected chi connectivity index (χ4v) is 3.57. The molecule has 1 fully saturated rings. The van der Waals surface area contributed by atoms with Gasteiger partial charge in [-0.2, -0.15) is 0 Å². The van der Waals surface area contributed by atoms with Crippen molar-refractivity contribution in [2.45, 2.75) is 59.5 Å². The van der Waals surface area contributed by atoms with E-state index in [1.54, 1.807) is 6.92 Å². The van der Waals surface area contributed by atoms with Crippen LogP contribution in [0.25, 0.3) is 0 Å². The highest BCUT2D eigenvalue weighted by molar-refractivity contribution is 5.96. The third kappa shape index (κ3) is 4.98. The largest absolute Gasteiger partial charge is 0.360 e. The molecule has 1 aromatic heterocycles. The van der Waals surface area contributed by atoms with Crippen molar-refractivity contribution < 1.29 is 9.32 Å². The Balaban J connectivity index is 1.54. The Morgan fingerprint density at radius 2 is 1.85 bits per heavy atom. The summed E-state index contributed by atoms with van der Waals surface area (Å²) in [5.74, 6) is 1.52. The third-order valence-electron chi connectivity index (χ3n) is 5.40. The normalized spacial score (nSPS) is 16.0. The van der Waals surface area contributed by atoms with Crippen molar-refractivity contribution in [3.63, 3.8) is 0 Å². The smallest absolute Gasteiger partial charge is 0.257 e. The van der Waals surface area contributed by atoms with Crippen LogP contribution in [0.1, 0.15) is 72.5 Å². The number of amides is 1. The van der Waals surface area contributed by atoms with Crippen LogP contribution in [-0.2, 0) is 13.1 Å². The molecule has 5 heteroatoms. The molecule has 1 amide bonds. The molecule has 1 N–H and O–H groups in total. The summed E-state index contributed by atoms with van der Waals surface area (Å²) in [5.41, 5.74) is 3.64. The van der Waals surface area contributed by atoms with Gasteiger partial charge in [0.15, 0.2) is 5.76 Å². The van der Waals surface area contributed by atoms with Crippen LogP contribution < -0.4 is 5.32 Å². The van der Waals surface area contributed by atoms with Crippen molar-refractivity contribution in [3.8, 4) is 0 Å². The molecule has 0 spiro atoms. The number of hydrogen-bond acceptors (Lipinski definition) is 4. The first kappa shape index (κ1) is 19.6. The predicted molar refractivity (Wildman–Crippen MR) is 107 cm³/mol. The molecule has 2 heterocycles. The Labute approximate surface area is 162 Å². The quantitative estimate of drug-likeness (QED) is 0.826. The molecule has 1 aliphatic heterocycles. The van der Waals surface area contributed by atoms with Crippen LogP contribution in [0.5, 0.6) is 0 Å². The Kier molecular flexibility index (Phi) is 6.32. The Hall–Kier alpha value is -2.14. The maximum atomic E-state index is 12.6. The Morgan fingerprint density at radius 1 is 1.22 bits per heavy atom. The van der Waals surface area contributed by atoms with Crippen LogP contribution in [0.15, 0.2) is 28.8 Å². The van der Waals surface area contributed by atoms with Crippen LogP contribution in [0, 0.1) is 12.8 Å². The van der Waals surface area contributed by atoms with E-state index in [2.05, 4.69) is 46.6 Å². The summed E-state index contributed by atoms with van der Waals surface area (Å²) in [6.45, 7) is 12.0. The first-order chi connectivity index (χ1) is 12.9. The van der Waals surface area contributed by atoms with Crippen LogP contribution in [0.4, 0.5) is 0 Å². The number of piperidine rings is 1. The van der Waals surface area contributed by atoms with Crippen molar-refractivity contribution in [1.29, 1.82) is 0 Å². The molecule has 0 unspecified atom stereocenters. The Morgan fingerprint density at radius 3 is 2.48 bits per heavy atom. The summed E-state index contributed by atoms with van der Waals surface area (Å²) in [6, 6.07) is 8.55. The predicted octanol–water partition coefficient (Wildman–Crippen LogP) is 4.27. The minimum atomic E-state index is -0.121. The maximum absolute atomic E-state index is 12.6. The van der Waals surface area contributed by atoms with Gasteiger partial charge in [-0.3, -0.25) is 9.69 Å². The molecule has 0 radical (unpaired) electrons. The lowest BCUT2D eigenvalue weighted by molar-refractivity contribution is 0.0948. The summed E-state index contributed by atoms with van der Waals surface area (Å²) in [4.78, 5) is 15.1. The molecule has 0 aliphatic carbocycles. The molecule has 5 nitrogen and oxygen atoms in total. The van der Waals surface area contributed by atoms with Crippen molar-refractivity contribution in [3.05, 3.63) is 52.4 Å². The van der Waals surface area contributed by atoms with Gasteiger partial charge in [0.1, 0.15) is 5.56 Å². The number of rotatable bonds is 6. The number of carbonyl (C=O) groups excluding carboxylic acids is 1. The molecule has 0 saturated carbocycles. The van der Waals surface area contributed by atoms with Gasteiger partial charge in [0, 0.05) is 19.0 Å². The van der Waals surface area contributed by atoms with Gasteiger partial charge in [0.05, 0.1) is 5.69 Å². The van der Waals surface area contributed by atoms with Crippen LogP contribution >= 0.6 is 0 Å². The number of likely N-dealkylation sites (tertiary alicyclic amines) is 1. The van der Waals surface area contributed by atoms with Crippen molar-refractivity contribution in [2.75, 3.05) is 13.1 Å². The average Bonchev–Trinajstić information content (AvgIpc) is 3.05. The second-order valence-corrected chi connectivity index (χ2v) is 8.12. The fourth-order valence-electron chi connectivity index (χ4n) is 3.57. The van der Waals surface area contributed by atoms with Gasteiger partial charge in [-0.15, -0.1) is 0 Å². The lowest BCUT2D eigenvalue weighted by Gasteiger charge is -2.30. The van der Waals surface area contributed by atoms with Gasteiger partial charge in [0.2, 0.25) is 0 Å². The van der Waals surface area contributed by atoms with Crippen LogP contribution in [-0.4, -0.2) is 29.1 Å². The van der Waals surface area contributed by atoms with Crippen LogP contribution in [0.3, 0.4) is 0 Å². The lowest BCUT2D eigenvalue weighted by Crippen LogP contribution is -2.32. The molecule has 0 bridgehead atoms. The van der Waals surface area contributed by atoms with Crippen molar-refractivity contribution in [2.24, 2.45) is 5.92 Å². The van der Waals surface area contributed by atoms with Gasteiger partial charge < -0.3 is 9.84 Å². The Bertz CT molecular complexity index is 756. The zero-order valence-electron chi connectivity index (χ0n) is 16.9. The molecule has 3 rings (SSSR count). The zero-order valence-corrected chi connectivity index (χ0v) is 16.9. The summed E-state index contributed by atoms with van der Waals surface area (Å²) in [6.07, 6.45) is 2.59. The minimum absolute atomic E-state index is 0.121. The van der Waals surface area contributed by atoms with E-state index in [0.29, 0.717) is 23.6 Å². The standard InChI is InChI=1S/C22H31N3O2/c1-15(2)21-20(17(4)24-27-21)22(26)23-13-18-5-7-19(8-6-18)14-25-11-9-16(3)10-12-25/h5-8,15-16H,9-14H2,1-4H3,(H,23,26). The minimum Gasteiger partial charge on any atom is -0.360 e. The second-order valence-electron chi connectivity index (χ2n) is 8.12. The van der Waals surface area contributed by atoms with Gasteiger partial charge in [-0.05, 0) is 49.9 Å². The van der Waals surface area contributed by atoms with Crippen molar-refractivity contribution in [1.82, 2.24) is 15.4 Å². The topological polar surface area (TPSA) is 58.4 Å². The molecule has 1 aliphatic rings. The second kappa shape index (κ2) is 8.70. The number of hydrogen-bond donors (Lipinski definition) is 1. The zero-order chi connectivity index (χ0) is 19.4. The first-order valence-electron chi connectivity index (χ1n) is 9.98. The molecular formula is C22H31N3O2. The van der Waals surface area contributed by atoms with E-state index in [1.165, 1.54) is 31.5 Å². The summed E-state index contributed by atoms with van der Waals surface area (Å²) < 4.78 is 5.31. The highest BCUT2D eigenvalue weighted by Gasteiger charge is 2.22. The average molecular weight is 370 g/mol. The molecule has 1 aromatic carbocycles. The fraction of sp³-hybridized carbons (Fsp3) is 0.545. The van der Waals surface area contributed by atoms with Gasteiger partial charge in [0.25, 0.3) is 5.91 Å². The summed E-state index contributed by atoms with van der Waals surface area (Å²) in [7, 11) is 0. The van der Waals surface area contributed by atoms with E-state index < -0.39 is 0 Å². The monoisotopic (exact) mass is 369 g/mol.